The van der Waals surface area contributed by atoms with E-state index in [-0.39, 0.29) is 66.1 Å². The largest absolute Gasteiger partial charge is 0.484 e. The number of benzene rings is 1. The van der Waals surface area contributed by atoms with Crippen molar-refractivity contribution in [2.24, 2.45) is 0 Å². The molecule has 0 fully saturated rings. The molecule has 0 amide bonds. The number of ketones is 1. The topological polar surface area (TPSA) is 91.8 Å². The smallest absolute Gasteiger partial charge is 0.435 e. The summed E-state index contributed by atoms with van der Waals surface area (Å²) in [5.41, 5.74) is -0.463. The van der Waals surface area contributed by atoms with E-state index in [1.54, 1.807) is 7.11 Å². The molecule has 0 unspecified atom stereocenters. The quantitative estimate of drug-likeness (QED) is 0.139. The molecule has 194 valence electrons. The molecule has 8 nitrogen and oxygen atoms in total. The second kappa shape index (κ2) is 11.6. The van der Waals surface area contributed by atoms with E-state index in [1.165, 1.54) is 29.9 Å². The van der Waals surface area contributed by atoms with Gasteiger partial charge in [0.15, 0.2) is 11.4 Å². The number of halogens is 7. The van der Waals surface area contributed by atoms with Gasteiger partial charge < -0.3 is 18.3 Å². The first-order chi connectivity index (χ1) is 17.5. The van der Waals surface area contributed by atoms with Gasteiger partial charge in [0.2, 0.25) is 5.82 Å². The zero-order valence-corrected chi connectivity index (χ0v) is 23.6. The molecule has 0 radical (unpaired) electrons. The lowest BCUT2D eigenvalue weighted by Gasteiger charge is -2.10. The Morgan fingerprint density at radius 3 is 2.62 bits per heavy atom. The van der Waals surface area contributed by atoms with E-state index in [9.17, 15) is 18.0 Å². The van der Waals surface area contributed by atoms with Crippen LogP contribution in [0.3, 0.4) is 0 Å². The van der Waals surface area contributed by atoms with Gasteiger partial charge in [0.05, 0.1) is 20.6 Å². The number of rotatable bonds is 9. The van der Waals surface area contributed by atoms with Gasteiger partial charge in [-0.3, -0.25) is 4.79 Å². The number of carbonyl (C=O) groups excluding carboxylic acids is 1. The van der Waals surface area contributed by atoms with Crippen LogP contribution in [0.5, 0.6) is 5.75 Å². The van der Waals surface area contributed by atoms with Crippen LogP contribution in [0.2, 0.25) is 15.1 Å². The molecule has 0 atom stereocenters. The number of Topliss-reactive ketones (excluding diaryl/α,β-unsaturated/α-hetero) is 1. The molecule has 17 heteroatoms. The summed E-state index contributed by atoms with van der Waals surface area (Å²) in [6.45, 7) is -0.214. The minimum Gasteiger partial charge on any atom is -0.484 e. The van der Waals surface area contributed by atoms with Gasteiger partial charge in [-0.2, -0.15) is 29.8 Å². The summed E-state index contributed by atoms with van der Waals surface area (Å²) < 4.78 is 56.0. The molecular weight excluding hydrogens is 693 g/mol. The highest BCUT2D eigenvalue weighted by molar-refractivity contribution is 14.1. The maximum absolute atomic E-state index is 13.1. The van der Waals surface area contributed by atoms with E-state index >= 15 is 0 Å². The van der Waals surface area contributed by atoms with Gasteiger partial charge >= 0.3 is 10.2 Å². The number of hydrogen-bond donors (Lipinski definition) is 0. The zero-order valence-electron chi connectivity index (χ0n) is 18.4. The summed E-state index contributed by atoms with van der Waals surface area (Å²) in [6, 6.07) is 3.63. The van der Waals surface area contributed by atoms with Crippen molar-refractivity contribution in [1.82, 2.24) is 19.5 Å². The van der Waals surface area contributed by atoms with E-state index in [1.807, 2.05) is 22.4 Å². The molecule has 3 heterocycles. The second-order valence-electron chi connectivity index (χ2n) is 7.27. The normalized spacial score (nSPS) is 11.8. The van der Waals surface area contributed by atoms with E-state index in [2.05, 4.69) is 15.1 Å². The SMILES string of the molecule is COB(I)SCC(=O)COc1cc(Cl)c(-c2noc(-c3cn4cc(C(F)(F)F)cc(Cl)c4n3)n2)cc1Cl. The van der Waals surface area contributed by atoms with Gasteiger partial charge in [0, 0.05) is 36.9 Å². The number of nitrogens with zero attached hydrogens (tertiary/aromatic N) is 4. The highest BCUT2D eigenvalue weighted by atomic mass is 127. The average molecular weight is 705 g/mol. The molecule has 0 bridgehead atoms. The van der Waals surface area contributed by atoms with Gasteiger partial charge in [-0.25, -0.2) is 4.98 Å². The zero-order chi connectivity index (χ0) is 26.9. The molecule has 0 N–H and O–H groups in total. The van der Waals surface area contributed by atoms with Crippen molar-refractivity contribution >= 4 is 84.3 Å². The number of alkyl halides is 3. The number of fused-ring (bicyclic) bond motifs is 1. The fraction of sp³-hybridized carbons (Fsp3) is 0.200. The first-order valence-corrected chi connectivity index (χ1v) is 13.4. The molecule has 3 aromatic heterocycles. The lowest BCUT2D eigenvalue weighted by atomic mass is 10.2. The molecule has 4 aromatic rings. The standard InChI is InChI=1S/C20H12BCl3F3IN4O4S/c1-34-21(28)37-8-10(33)7-35-16-4-12(22)11(3-13(16)23)17-30-19(36-31-17)15-6-32-5-9(20(25,26)27)2-14(24)18(32)29-15/h2-6H,7-8H2,1H3. The molecule has 0 saturated heterocycles. The molecule has 1 aromatic carbocycles. The number of hydrogen-bond acceptors (Lipinski definition) is 8. The monoisotopic (exact) mass is 704 g/mol. The third kappa shape index (κ3) is 6.65. The van der Waals surface area contributed by atoms with Gasteiger partial charge in [-0.05, 0) is 12.1 Å². The highest BCUT2D eigenvalue weighted by Gasteiger charge is 2.32. The summed E-state index contributed by atoms with van der Waals surface area (Å²) in [4.78, 5) is 20.4. The molecule has 0 aliphatic rings. The minimum atomic E-state index is -4.58. The van der Waals surface area contributed by atoms with Gasteiger partial charge in [-0.15, -0.1) is 0 Å². The lowest BCUT2D eigenvalue weighted by molar-refractivity contribution is -0.137. The Morgan fingerprint density at radius 2 is 1.92 bits per heavy atom. The molecular formula is C20H12BCl3F3IN4O4S. The first kappa shape index (κ1) is 28.3. The molecule has 0 saturated carbocycles. The maximum atomic E-state index is 13.1. The van der Waals surface area contributed by atoms with Crippen LogP contribution < -0.4 is 4.74 Å². The molecule has 4 rings (SSSR count). The Bertz CT molecular complexity index is 1470. The molecule has 0 spiro atoms. The van der Waals surface area contributed by atoms with Crippen LogP contribution in [0, 0.1) is 0 Å². The predicted molar refractivity (Wildman–Crippen MR) is 144 cm³/mol. The number of aromatic nitrogens is 4. The summed E-state index contributed by atoms with van der Waals surface area (Å²) >= 11 is 22.0. The maximum Gasteiger partial charge on any atom is 0.435 e. The van der Waals surface area contributed by atoms with Gasteiger partial charge in [0.1, 0.15) is 18.1 Å². The number of imidazole rings is 1. The summed E-state index contributed by atoms with van der Waals surface area (Å²) in [5, 5.41) is 3.97. The van der Waals surface area contributed by atoms with Crippen LogP contribution >= 0.6 is 68.8 Å². The van der Waals surface area contributed by atoms with Crippen molar-refractivity contribution in [3.05, 3.63) is 51.2 Å². The Labute approximate surface area is 240 Å². The third-order valence-corrected chi connectivity index (χ3v) is 8.11. The van der Waals surface area contributed by atoms with Crippen molar-refractivity contribution in [3.8, 4) is 28.7 Å². The summed E-state index contributed by atoms with van der Waals surface area (Å²) in [6.07, 6.45) is -2.45. The van der Waals surface area contributed by atoms with Crippen LogP contribution in [0.1, 0.15) is 5.56 Å². The fourth-order valence-electron chi connectivity index (χ4n) is 2.99. The molecule has 37 heavy (non-hydrogen) atoms. The van der Waals surface area contributed by atoms with Crippen molar-refractivity contribution < 1.29 is 31.9 Å². The van der Waals surface area contributed by atoms with Crippen molar-refractivity contribution in [3.63, 3.8) is 0 Å². The molecule has 0 aliphatic carbocycles. The van der Waals surface area contributed by atoms with Crippen molar-refractivity contribution in [2.75, 3.05) is 19.5 Å². The van der Waals surface area contributed by atoms with Crippen molar-refractivity contribution in [2.45, 2.75) is 6.18 Å². The second-order valence-corrected chi connectivity index (χ2v) is 11.5. The van der Waals surface area contributed by atoms with Crippen LogP contribution in [-0.2, 0) is 15.6 Å². The minimum absolute atomic E-state index is 0.0488. The van der Waals surface area contributed by atoms with E-state index in [0.29, 0.717) is 5.56 Å². The molecule has 0 aliphatic heterocycles. The van der Waals surface area contributed by atoms with E-state index < -0.39 is 11.7 Å². The van der Waals surface area contributed by atoms with Gasteiger partial charge in [0.25, 0.3) is 5.89 Å². The van der Waals surface area contributed by atoms with E-state index in [0.717, 1.165) is 16.7 Å². The van der Waals surface area contributed by atoms with Gasteiger partial charge in [-0.1, -0.05) is 62.3 Å². The predicted octanol–water partition coefficient (Wildman–Crippen LogP) is 6.78. The van der Waals surface area contributed by atoms with Crippen LogP contribution in [-0.4, -0.2) is 48.8 Å². The van der Waals surface area contributed by atoms with Crippen LogP contribution in [0.4, 0.5) is 13.2 Å². The van der Waals surface area contributed by atoms with E-state index in [4.69, 9.17) is 48.7 Å². The average Bonchev–Trinajstić information content (AvgIpc) is 3.49. The van der Waals surface area contributed by atoms with Crippen LogP contribution in [0.15, 0.2) is 35.1 Å². The fourth-order valence-corrected chi connectivity index (χ4v) is 4.78. The summed E-state index contributed by atoms with van der Waals surface area (Å²) in [7, 11) is 1.54. The number of ether oxygens (including phenoxy) is 1. The Hall–Kier alpha value is -1.72. The highest BCUT2D eigenvalue weighted by Crippen LogP contribution is 2.37. The Balaban J connectivity index is 1.53. The summed E-state index contributed by atoms with van der Waals surface area (Å²) in [5.74, 6) is 0.183. The number of carbonyl (C=O) groups is 1. The van der Waals surface area contributed by atoms with Crippen molar-refractivity contribution in [1.29, 1.82) is 0 Å². The third-order valence-electron chi connectivity index (χ3n) is 4.69. The first-order valence-electron chi connectivity index (χ1n) is 9.98. The Kier molecular flexibility index (Phi) is 8.85. The lowest BCUT2D eigenvalue weighted by Crippen LogP contribution is -2.16. The van der Waals surface area contributed by atoms with Crippen LogP contribution in [0.25, 0.3) is 28.6 Å². The number of pyridine rings is 1. The Morgan fingerprint density at radius 1 is 1.16 bits per heavy atom.